The van der Waals surface area contributed by atoms with E-state index in [4.69, 9.17) is 0 Å². The van der Waals surface area contributed by atoms with Gasteiger partial charge in [-0.25, -0.2) is 4.39 Å². The molecular formula is C8H19FN2. The number of halogens is 1. The molecule has 0 bridgehead atoms. The van der Waals surface area contributed by atoms with Crippen LogP contribution in [0.1, 0.15) is 13.8 Å². The maximum absolute atomic E-state index is 11.7. The van der Waals surface area contributed by atoms with Crippen LogP contribution in [0, 0.1) is 0 Å². The molecule has 3 heteroatoms. The highest BCUT2D eigenvalue weighted by molar-refractivity contribution is 4.79. The van der Waals surface area contributed by atoms with Gasteiger partial charge in [0.15, 0.2) is 0 Å². The van der Waals surface area contributed by atoms with E-state index in [-0.39, 0.29) is 12.2 Å². The van der Waals surface area contributed by atoms with Crippen molar-refractivity contribution in [3.05, 3.63) is 0 Å². The third-order valence-electron chi connectivity index (χ3n) is 2.04. The summed E-state index contributed by atoms with van der Waals surface area (Å²) in [5.74, 6) is 0. The van der Waals surface area contributed by atoms with Crippen LogP contribution in [0.3, 0.4) is 0 Å². The van der Waals surface area contributed by atoms with Gasteiger partial charge in [-0.1, -0.05) is 0 Å². The first kappa shape index (κ1) is 10.8. The van der Waals surface area contributed by atoms with Gasteiger partial charge >= 0.3 is 0 Å². The van der Waals surface area contributed by atoms with E-state index < -0.39 is 0 Å². The molecule has 68 valence electrons. The standard InChI is InChI=1S/C8H19FN2/c1-8(2,11(3)4)7-10-6-5-9/h10H,5-7H2,1-4H3. The summed E-state index contributed by atoms with van der Waals surface area (Å²) >= 11 is 0. The highest BCUT2D eigenvalue weighted by atomic mass is 19.1. The lowest BCUT2D eigenvalue weighted by atomic mass is 10.0. The van der Waals surface area contributed by atoms with Gasteiger partial charge in [-0.3, -0.25) is 0 Å². The number of likely N-dealkylation sites (N-methyl/N-ethyl adjacent to an activating group) is 1. The topological polar surface area (TPSA) is 15.3 Å². The van der Waals surface area contributed by atoms with Crippen LogP contribution in [0.25, 0.3) is 0 Å². The van der Waals surface area contributed by atoms with Crippen LogP contribution in [0.2, 0.25) is 0 Å². The quantitative estimate of drug-likeness (QED) is 0.604. The first-order chi connectivity index (χ1) is 5.00. The lowest BCUT2D eigenvalue weighted by Gasteiger charge is -2.32. The summed E-state index contributed by atoms with van der Waals surface area (Å²) < 4.78 is 11.7. The van der Waals surface area contributed by atoms with Crippen LogP contribution in [0.5, 0.6) is 0 Å². The second kappa shape index (κ2) is 4.67. The fourth-order valence-corrected chi connectivity index (χ4v) is 0.619. The van der Waals surface area contributed by atoms with Crippen LogP contribution in [-0.2, 0) is 0 Å². The Labute approximate surface area is 68.8 Å². The molecule has 2 nitrogen and oxygen atoms in total. The predicted molar refractivity (Wildman–Crippen MR) is 46.6 cm³/mol. The smallest absolute Gasteiger partial charge is 0.102 e. The lowest BCUT2D eigenvalue weighted by molar-refractivity contribution is 0.189. The minimum absolute atomic E-state index is 0.106. The average molecular weight is 162 g/mol. The SMILES string of the molecule is CN(C)C(C)(C)CNCCF. The zero-order valence-electron chi connectivity index (χ0n) is 7.95. The molecule has 0 aliphatic carbocycles. The van der Waals surface area contributed by atoms with Crippen molar-refractivity contribution in [2.75, 3.05) is 33.9 Å². The van der Waals surface area contributed by atoms with Gasteiger partial charge in [-0.15, -0.1) is 0 Å². The molecule has 11 heavy (non-hydrogen) atoms. The third kappa shape index (κ3) is 4.32. The first-order valence-electron chi connectivity index (χ1n) is 3.95. The summed E-state index contributed by atoms with van der Waals surface area (Å²) in [6.07, 6.45) is 0. The average Bonchev–Trinajstić information content (AvgIpc) is 1.88. The second-order valence-electron chi connectivity index (χ2n) is 3.57. The molecule has 0 aliphatic rings. The number of nitrogens with zero attached hydrogens (tertiary/aromatic N) is 1. The minimum Gasteiger partial charge on any atom is -0.312 e. The van der Waals surface area contributed by atoms with Gasteiger partial charge in [0.2, 0.25) is 0 Å². The number of hydrogen-bond acceptors (Lipinski definition) is 2. The van der Waals surface area contributed by atoms with Gasteiger partial charge < -0.3 is 10.2 Å². The molecule has 0 rings (SSSR count). The van der Waals surface area contributed by atoms with Crippen LogP contribution >= 0.6 is 0 Å². The molecule has 0 amide bonds. The highest BCUT2D eigenvalue weighted by Gasteiger charge is 2.18. The van der Waals surface area contributed by atoms with Crippen molar-refractivity contribution in [3.8, 4) is 0 Å². The lowest BCUT2D eigenvalue weighted by Crippen LogP contribution is -2.47. The van der Waals surface area contributed by atoms with Crippen molar-refractivity contribution in [2.45, 2.75) is 19.4 Å². The van der Waals surface area contributed by atoms with Crippen LogP contribution in [0.4, 0.5) is 4.39 Å². The monoisotopic (exact) mass is 162 g/mol. The Morgan fingerprint density at radius 2 is 1.91 bits per heavy atom. The zero-order chi connectivity index (χ0) is 8.91. The van der Waals surface area contributed by atoms with Crippen LogP contribution < -0.4 is 5.32 Å². The highest BCUT2D eigenvalue weighted by Crippen LogP contribution is 2.07. The Kier molecular flexibility index (Phi) is 4.61. The van der Waals surface area contributed by atoms with E-state index >= 15 is 0 Å². The van der Waals surface area contributed by atoms with E-state index in [0.717, 1.165) is 6.54 Å². The second-order valence-corrected chi connectivity index (χ2v) is 3.57. The Morgan fingerprint density at radius 3 is 2.27 bits per heavy atom. The van der Waals surface area contributed by atoms with Crippen molar-refractivity contribution in [1.82, 2.24) is 10.2 Å². The van der Waals surface area contributed by atoms with Gasteiger partial charge in [-0.2, -0.15) is 0 Å². The molecule has 0 aromatic heterocycles. The molecule has 0 fully saturated rings. The molecule has 0 saturated heterocycles. The summed E-state index contributed by atoms with van der Waals surface area (Å²) in [5.41, 5.74) is 0.106. The number of hydrogen-bond donors (Lipinski definition) is 1. The fourth-order valence-electron chi connectivity index (χ4n) is 0.619. The normalized spacial score (nSPS) is 12.5. The van der Waals surface area contributed by atoms with E-state index in [1.54, 1.807) is 0 Å². The van der Waals surface area contributed by atoms with Crippen molar-refractivity contribution in [1.29, 1.82) is 0 Å². The van der Waals surface area contributed by atoms with Crippen LogP contribution in [-0.4, -0.2) is 44.3 Å². The molecule has 0 unspecified atom stereocenters. The first-order valence-corrected chi connectivity index (χ1v) is 3.95. The molecular weight excluding hydrogens is 143 g/mol. The predicted octanol–water partition coefficient (Wildman–Crippen LogP) is 0.886. The van der Waals surface area contributed by atoms with E-state index in [0.29, 0.717) is 6.54 Å². The molecule has 0 radical (unpaired) electrons. The van der Waals surface area contributed by atoms with Gasteiger partial charge in [0, 0.05) is 18.6 Å². The zero-order valence-corrected chi connectivity index (χ0v) is 7.95. The summed E-state index contributed by atoms with van der Waals surface area (Å²) in [5, 5.41) is 3.04. The molecule has 0 spiro atoms. The summed E-state index contributed by atoms with van der Waals surface area (Å²) in [6.45, 7) is 5.24. The molecule has 0 aliphatic heterocycles. The Morgan fingerprint density at radius 1 is 1.36 bits per heavy atom. The molecule has 1 N–H and O–H groups in total. The molecule has 0 aromatic rings. The molecule has 0 atom stereocenters. The molecule has 0 saturated carbocycles. The number of alkyl halides is 1. The Balaban J connectivity index is 3.55. The minimum atomic E-state index is -0.288. The van der Waals surface area contributed by atoms with Gasteiger partial charge in [0.25, 0.3) is 0 Å². The van der Waals surface area contributed by atoms with Gasteiger partial charge in [0.1, 0.15) is 6.67 Å². The van der Waals surface area contributed by atoms with Crippen molar-refractivity contribution in [3.63, 3.8) is 0 Å². The van der Waals surface area contributed by atoms with E-state index in [1.165, 1.54) is 0 Å². The van der Waals surface area contributed by atoms with Crippen molar-refractivity contribution in [2.24, 2.45) is 0 Å². The van der Waals surface area contributed by atoms with E-state index in [1.807, 2.05) is 14.1 Å². The summed E-state index contributed by atoms with van der Waals surface area (Å²) in [7, 11) is 4.05. The maximum atomic E-state index is 11.7. The van der Waals surface area contributed by atoms with Gasteiger partial charge in [0.05, 0.1) is 0 Å². The van der Waals surface area contributed by atoms with Gasteiger partial charge in [-0.05, 0) is 27.9 Å². The molecule has 0 heterocycles. The summed E-state index contributed by atoms with van der Waals surface area (Å²) in [6, 6.07) is 0. The number of nitrogens with one attached hydrogen (secondary N) is 1. The maximum Gasteiger partial charge on any atom is 0.102 e. The van der Waals surface area contributed by atoms with Crippen molar-refractivity contribution >= 4 is 0 Å². The van der Waals surface area contributed by atoms with E-state index in [9.17, 15) is 4.39 Å². The Hall–Kier alpha value is -0.150. The fraction of sp³-hybridized carbons (Fsp3) is 1.00. The molecule has 0 aromatic carbocycles. The third-order valence-corrected chi connectivity index (χ3v) is 2.04. The summed E-state index contributed by atoms with van der Waals surface area (Å²) in [4.78, 5) is 2.12. The van der Waals surface area contributed by atoms with E-state index in [2.05, 4.69) is 24.1 Å². The van der Waals surface area contributed by atoms with Crippen LogP contribution in [0.15, 0.2) is 0 Å². The largest absolute Gasteiger partial charge is 0.312 e. The Bertz CT molecular complexity index is 102. The van der Waals surface area contributed by atoms with Crippen molar-refractivity contribution < 1.29 is 4.39 Å². The number of rotatable bonds is 5.